The van der Waals surface area contributed by atoms with Gasteiger partial charge in [0.15, 0.2) is 0 Å². The number of likely N-dealkylation sites (tertiary alicyclic amines) is 2. The van der Waals surface area contributed by atoms with Crippen LogP contribution in [0.5, 0.6) is 0 Å². The maximum absolute atomic E-state index is 12.2. The molecule has 2 heterocycles. The Morgan fingerprint density at radius 2 is 1.78 bits per heavy atom. The summed E-state index contributed by atoms with van der Waals surface area (Å²) < 4.78 is 0. The number of carbonyl (C=O) groups excluding carboxylic acids is 1. The summed E-state index contributed by atoms with van der Waals surface area (Å²) in [5.74, 6) is -0.726. The van der Waals surface area contributed by atoms with Crippen molar-refractivity contribution in [3.05, 3.63) is 0 Å². The Labute approximate surface area is 108 Å². The number of hydrogen-bond donors (Lipinski definition) is 1. The fourth-order valence-electron chi connectivity index (χ4n) is 2.92. The molecule has 5 heteroatoms. The lowest BCUT2D eigenvalue weighted by Gasteiger charge is -2.33. The van der Waals surface area contributed by atoms with E-state index in [1.807, 2.05) is 9.80 Å². The van der Waals surface area contributed by atoms with Crippen molar-refractivity contribution in [3.8, 4) is 0 Å². The highest BCUT2D eigenvalue weighted by molar-refractivity contribution is 5.82. The highest BCUT2D eigenvalue weighted by atomic mass is 16.4. The third-order valence-electron chi connectivity index (χ3n) is 4.29. The molecule has 2 aliphatic heterocycles. The topological polar surface area (TPSA) is 60.9 Å². The minimum Gasteiger partial charge on any atom is -0.480 e. The molecule has 5 nitrogen and oxygen atoms in total. The SMILES string of the molecule is CC1(C(=O)O)CCCN1CC(=O)N1CCCCC1. The molecule has 0 bridgehead atoms. The summed E-state index contributed by atoms with van der Waals surface area (Å²) in [6, 6.07) is 0. The van der Waals surface area contributed by atoms with Gasteiger partial charge in [0.05, 0.1) is 6.54 Å². The zero-order valence-electron chi connectivity index (χ0n) is 11.0. The molecular weight excluding hydrogens is 232 g/mol. The van der Waals surface area contributed by atoms with Gasteiger partial charge in [-0.2, -0.15) is 0 Å². The lowest BCUT2D eigenvalue weighted by Crippen LogP contribution is -2.52. The van der Waals surface area contributed by atoms with E-state index in [1.165, 1.54) is 6.42 Å². The van der Waals surface area contributed by atoms with Crippen molar-refractivity contribution in [2.45, 2.75) is 44.6 Å². The molecule has 2 aliphatic rings. The second kappa shape index (κ2) is 5.26. The number of carboxylic acids is 1. The molecule has 102 valence electrons. The largest absolute Gasteiger partial charge is 0.480 e. The Hall–Kier alpha value is -1.10. The van der Waals surface area contributed by atoms with Crippen molar-refractivity contribution in [2.75, 3.05) is 26.2 Å². The Balaban J connectivity index is 1.95. The molecule has 0 aromatic carbocycles. The summed E-state index contributed by atoms with van der Waals surface area (Å²) in [5, 5.41) is 9.30. The minimum absolute atomic E-state index is 0.0871. The molecule has 2 rings (SSSR count). The van der Waals surface area contributed by atoms with Gasteiger partial charge in [0, 0.05) is 13.1 Å². The van der Waals surface area contributed by atoms with Crippen LogP contribution in [0.25, 0.3) is 0 Å². The van der Waals surface area contributed by atoms with E-state index in [1.54, 1.807) is 6.92 Å². The number of carbonyl (C=O) groups is 2. The monoisotopic (exact) mass is 254 g/mol. The number of carboxylic acid groups (broad SMARTS) is 1. The molecule has 1 amide bonds. The average Bonchev–Trinajstić information content (AvgIpc) is 2.73. The molecule has 2 saturated heterocycles. The van der Waals surface area contributed by atoms with Gasteiger partial charge in [-0.15, -0.1) is 0 Å². The van der Waals surface area contributed by atoms with E-state index in [4.69, 9.17) is 0 Å². The normalized spacial score (nSPS) is 29.5. The lowest BCUT2D eigenvalue weighted by atomic mass is 9.99. The molecule has 0 aliphatic carbocycles. The lowest BCUT2D eigenvalue weighted by molar-refractivity contribution is -0.150. The first-order chi connectivity index (χ1) is 8.54. The number of nitrogens with zero attached hydrogens (tertiary/aromatic N) is 2. The summed E-state index contributed by atoms with van der Waals surface area (Å²) in [4.78, 5) is 27.2. The van der Waals surface area contributed by atoms with E-state index in [-0.39, 0.29) is 12.5 Å². The van der Waals surface area contributed by atoms with Crippen LogP contribution in [0.1, 0.15) is 39.0 Å². The van der Waals surface area contributed by atoms with E-state index in [2.05, 4.69) is 0 Å². The van der Waals surface area contributed by atoms with Crippen molar-refractivity contribution in [1.82, 2.24) is 9.80 Å². The number of aliphatic carboxylic acids is 1. The smallest absolute Gasteiger partial charge is 0.323 e. The summed E-state index contributed by atoms with van der Waals surface area (Å²) >= 11 is 0. The summed E-state index contributed by atoms with van der Waals surface area (Å²) in [6.07, 6.45) is 4.83. The molecule has 0 radical (unpaired) electrons. The van der Waals surface area contributed by atoms with E-state index in [0.29, 0.717) is 13.0 Å². The van der Waals surface area contributed by atoms with Crippen LogP contribution in [0.4, 0.5) is 0 Å². The maximum Gasteiger partial charge on any atom is 0.323 e. The van der Waals surface area contributed by atoms with Crippen LogP contribution >= 0.6 is 0 Å². The third kappa shape index (κ3) is 2.51. The van der Waals surface area contributed by atoms with Crippen LogP contribution in [0.3, 0.4) is 0 Å². The van der Waals surface area contributed by atoms with Gasteiger partial charge in [-0.1, -0.05) is 0 Å². The van der Waals surface area contributed by atoms with E-state index < -0.39 is 11.5 Å². The molecule has 18 heavy (non-hydrogen) atoms. The number of rotatable bonds is 3. The standard InChI is InChI=1S/C13H22N2O3/c1-13(12(17)18)6-5-9-15(13)10-11(16)14-7-3-2-4-8-14/h2-10H2,1H3,(H,17,18). The molecule has 1 N–H and O–H groups in total. The van der Waals surface area contributed by atoms with Crippen LogP contribution in [0, 0.1) is 0 Å². The van der Waals surface area contributed by atoms with Gasteiger partial charge < -0.3 is 10.0 Å². The second-order valence-corrected chi connectivity index (χ2v) is 5.55. The Kier molecular flexibility index (Phi) is 3.90. The van der Waals surface area contributed by atoms with Gasteiger partial charge in [0.2, 0.25) is 5.91 Å². The molecule has 1 unspecified atom stereocenters. The first-order valence-electron chi connectivity index (χ1n) is 6.80. The molecule has 1 atom stereocenters. The van der Waals surface area contributed by atoms with Crippen molar-refractivity contribution in [2.24, 2.45) is 0 Å². The zero-order valence-corrected chi connectivity index (χ0v) is 11.0. The zero-order chi connectivity index (χ0) is 13.2. The maximum atomic E-state index is 12.2. The van der Waals surface area contributed by atoms with Crippen LogP contribution in [-0.4, -0.2) is 58.5 Å². The first kappa shape index (κ1) is 13.3. The number of hydrogen-bond acceptors (Lipinski definition) is 3. The predicted molar refractivity (Wildman–Crippen MR) is 67.3 cm³/mol. The van der Waals surface area contributed by atoms with E-state index in [9.17, 15) is 14.7 Å². The summed E-state index contributed by atoms with van der Waals surface area (Å²) in [6.45, 7) is 4.35. The summed E-state index contributed by atoms with van der Waals surface area (Å²) in [5.41, 5.74) is -0.856. The van der Waals surface area contributed by atoms with Crippen molar-refractivity contribution >= 4 is 11.9 Å². The molecule has 0 aromatic rings. The van der Waals surface area contributed by atoms with Gasteiger partial charge in [0.25, 0.3) is 0 Å². The Bertz CT molecular complexity index is 339. The fraction of sp³-hybridized carbons (Fsp3) is 0.846. The van der Waals surface area contributed by atoms with Crippen LogP contribution in [-0.2, 0) is 9.59 Å². The molecule has 0 spiro atoms. The highest BCUT2D eigenvalue weighted by Crippen LogP contribution is 2.29. The van der Waals surface area contributed by atoms with E-state index >= 15 is 0 Å². The van der Waals surface area contributed by atoms with Gasteiger partial charge >= 0.3 is 5.97 Å². The van der Waals surface area contributed by atoms with Crippen molar-refractivity contribution in [3.63, 3.8) is 0 Å². The van der Waals surface area contributed by atoms with Gasteiger partial charge in [-0.05, 0) is 45.6 Å². The highest BCUT2D eigenvalue weighted by Gasteiger charge is 2.44. The Morgan fingerprint density at radius 1 is 1.11 bits per heavy atom. The minimum atomic E-state index is -0.856. The molecule has 0 aromatic heterocycles. The van der Waals surface area contributed by atoms with Gasteiger partial charge in [0.1, 0.15) is 5.54 Å². The summed E-state index contributed by atoms with van der Waals surface area (Å²) in [7, 11) is 0. The van der Waals surface area contributed by atoms with Gasteiger partial charge in [-0.25, -0.2) is 0 Å². The number of amides is 1. The molecular formula is C13H22N2O3. The van der Waals surface area contributed by atoms with Crippen molar-refractivity contribution < 1.29 is 14.7 Å². The first-order valence-corrected chi connectivity index (χ1v) is 6.80. The second-order valence-electron chi connectivity index (χ2n) is 5.55. The van der Waals surface area contributed by atoms with Crippen molar-refractivity contribution in [1.29, 1.82) is 0 Å². The van der Waals surface area contributed by atoms with Crippen LogP contribution in [0.2, 0.25) is 0 Å². The van der Waals surface area contributed by atoms with Crippen LogP contribution < -0.4 is 0 Å². The van der Waals surface area contributed by atoms with E-state index in [0.717, 1.165) is 32.4 Å². The van der Waals surface area contributed by atoms with Crippen LogP contribution in [0.15, 0.2) is 0 Å². The molecule has 2 fully saturated rings. The Morgan fingerprint density at radius 3 is 2.39 bits per heavy atom. The van der Waals surface area contributed by atoms with Gasteiger partial charge in [-0.3, -0.25) is 14.5 Å². The number of piperidine rings is 1. The average molecular weight is 254 g/mol. The molecule has 0 saturated carbocycles. The fourth-order valence-corrected chi connectivity index (χ4v) is 2.92. The quantitative estimate of drug-likeness (QED) is 0.814. The predicted octanol–water partition coefficient (Wildman–Crippen LogP) is 0.938. The third-order valence-corrected chi connectivity index (χ3v) is 4.29.